The number of rotatable bonds is 6. The Kier molecular flexibility index (Phi) is 4.86. The predicted molar refractivity (Wildman–Crippen MR) is 94.9 cm³/mol. The molecule has 26 heavy (non-hydrogen) atoms. The van der Waals surface area contributed by atoms with Crippen molar-refractivity contribution in [3.05, 3.63) is 30.0 Å². The Morgan fingerprint density at radius 2 is 2.04 bits per heavy atom. The van der Waals surface area contributed by atoms with Crippen LogP contribution in [0.4, 0.5) is 5.82 Å². The molecule has 3 rings (SSSR count). The Morgan fingerprint density at radius 1 is 1.35 bits per heavy atom. The molecule has 1 unspecified atom stereocenters. The quantitative estimate of drug-likeness (QED) is 0.789. The second kappa shape index (κ2) is 6.94. The fourth-order valence-corrected chi connectivity index (χ4v) is 4.79. The van der Waals surface area contributed by atoms with E-state index in [0.717, 1.165) is 0 Å². The van der Waals surface area contributed by atoms with Gasteiger partial charge in [0.2, 0.25) is 5.69 Å². The molecule has 1 aromatic heterocycles. The number of aromatic nitrogens is 3. The van der Waals surface area contributed by atoms with Gasteiger partial charge in [-0.25, -0.2) is 13.2 Å². The van der Waals surface area contributed by atoms with E-state index in [9.17, 15) is 18.3 Å². The molecule has 0 saturated carbocycles. The fourth-order valence-electron chi connectivity index (χ4n) is 3.06. The first-order chi connectivity index (χ1) is 12.3. The van der Waals surface area contributed by atoms with Crippen LogP contribution in [0.15, 0.2) is 24.3 Å². The second-order valence-corrected chi connectivity index (χ2v) is 8.24. The summed E-state index contributed by atoms with van der Waals surface area (Å²) in [6, 6.07) is 6.57. The van der Waals surface area contributed by atoms with Crippen LogP contribution in [0.25, 0.3) is 5.69 Å². The summed E-state index contributed by atoms with van der Waals surface area (Å²) in [5, 5.41) is 17.9. The molecular formula is C16H20N4O5S. The van der Waals surface area contributed by atoms with Gasteiger partial charge < -0.3 is 14.7 Å². The summed E-state index contributed by atoms with van der Waals surface area (Å²) in [5.41, 5.74) is 0.376. The molecule has 0 aliphatic carbocycles. The van der Waals surface area contributed by atoms with E-state index in [1.54, 1.807) is 36.3 Å². The van der Waals surface area contributed by atoms with Crippen molar-refractivity contribution in [1.29, 1.82) is 0 Å². The zero-order valence-electron chi connectivity index (χ0n) is 14.5. The SMILES string of the molecule is CCN(c1nn(-c2ccc(OC)cc2)nc1C(=O)O)C1CCS(=O)(=O)C1. The van der Waals surface area contributed by atoms with Gasteiger partial charge in [0.1, 0.15) is 5.75 Å². The standard InChI is InChI=1S/C16H20N4O5S/c1-3-19(12-8-9-26(23,24)10-12)15-14(16(21)22)17-20(18-15)11-4-6-13(25-2)7-5-11/h4-7,12H,3,8-10H2,1-2H3,(H,21,22). The third-order valence-corrected chi connectivity index (χ3v) is 6.11. The van der Waals surface area contributed by atoms with Crippen LogP contribution in [0.5, 0.6) is 5.75 Å². The molecule has 1 aliphatic rings. The molecule has 1 aromatic carbocycles. The summed E-state index contributed by atoms with van der Waals surface area (Å²) in [4.78, 5) is 14.6. The van der Waals surface area contributed by atoms with Crippen LogP contribution in [-0.2, 0) is 9.84 Å². The van der Waals surface area contributed by atoms with Crippen LogP contribution in [0.3, 0.4) is 0 Å². The lowest BCUT2D eigenvalue weighted by Gasteiger charge is -2.26. The topological polar surface area (TPSA) is 115 Å². The minimum absolute atomic E-state index is 0.00467. The number of nitrogens with zero attached hydrogens (tertiary/aromatic N) is 4. The fraction of sp³-hybridized carbons (Fsp3) is 0.438. The number of hydrogen-bond donors (Lipinski definition) is 1. The van der Waals surface area contributed by atoms with Gasteiger partial charge in [-0.3, -0.25) is 0 Å². The van der Waals surface area contributed by atoms with Crippen molar-refractivity contribution in [2.75, 3.05) is 30.1 Å². The smallest absolute Gasteiger partial charge is 0.360 e. The van der Waals surface area contributed by atoms with Gasteiger partial charge in [0.05, 0.1) is 24.3 Å². The van der Waals surface area contributed by atoms with Crippen molar-refractivity contribution < 1.29 is 23.1 Å². The highest BCUT2D eigenvalue weighted by atomic mass is 32.2. The average molecular weight is 380 g/mol. The number of ether oxygens (including phenoxy) is 1. The van der Waals surface area contributed by atoms with E-state index in [1.165, 1.54) is 4.80 Å². The number of benzene rings is 1. The van der Waals surface area contributed by atoms with Crippen LogP contribution in [0.1, 0.15) is 23.8 Å². The molecule has 1 aliphatic heterocycles. The number of anilines is 1. The Hall–Kier alpha value is -2.62. The van der Waals surface area contributed by atoms with Crippen molar-refractivity contribution in [2.45, 2.75) is 19.4 Å². The lowest BCUT2D eigenvalue weighted by molar-refractivity contribution is 0.0690. The second-order valence-electron chi connectivity index (χ2n) is 6.01. The number of sulfone groups is 1. The van der Waals surface area contributed by atoms with Gasteiger partial charge in [0.25, 0.3) is 0 Å². The molecule has 140 valence electrons. The molecule has 1 atom stereocenters. The van der Waals surface area contributed by atoms with E-state index < -0.39 is 15.8 Å². The molecule has 0 radical (unpaired) electrons. The number of carbonyl (C=O) groups is 1. The Morgan fingerprint density at radius 3 is 2.54 bits per heavy atom. The molecule has 2 heterocycles. The molecule has 9 nitrogen and oxygen atoms in total. The zero-order valence-corrected chi connectivity index (χ0v) is 15.3. The Balaban J connectivity index is 1.99. The van der Waals surface area contributed by atoms with Crippen molar-refractivity contribution in [3.63, 3.8) is 0 Å². The molecule has 0 amide bonds. The summed E-state index contributed by atoms with van der Waals surface area (Å²) in [6.45, 7) is 2.27. The van der Waals surface area contributed by atoms with E-state index in [0.29, 0.717) is 24.4 Å². The first-order valence-electron chi connectivity index (χ1n) is 8.16. The van der Waals surface area contributed by atoms with Crippen LogP contribution in [-0.4, -0.2) is 65.7 Å². The maximum Gasteiger partial charge on any atom is 0.360 e. The van der Waals surface area contributed by atoms with E-state index in [-0.39, 0.29) is 29.1 Å². The molecule has 0 spiro atoms. The van der Waals surface area contributed by atoms with Crippen molar-refractivity contribution >= 4 is 21.6 Å². The van der Waals surface area contributed by atoms with E-state index in [2.05, 4.69) is 10.2 Å². The van der Waals surface area contributed by atoms with Gasteiger partial charge in [-0.05, 0) is 37.6 Å². The minimum atomic E-state index is -3.10. The summed E-state index contributed by atoms with van der Waals surface area (Å²) >= 11 is 0. The van der Waals surface area contributed by atoms with Crippen LogP contribution < -0.4 is 9.64 Å². The predicted octanol–water partition coefficient (Wildman–Crippen LogP) is 0.988. The summed E-state index contributed by atoms with van der Waals surface area (Å²) in [6.07, 6.45) is 0.449. The van der Waals surface area contributed by atoms with Crippen molar-refractivity contribution in [1.82, 2.24) is 15.0 Å². The molecule has 2 aromatic rings. The molecule has 1 saturated heterocycles. The number of aromatic carboxylic acids is 1. The van der Waals surface area contributed by atoms with Gasteiger partial charge in [-0.2, -0.15) is 0 Å². The highest BCUT2D eigenvalue weighted by Crippen LogP contribution is 2.26. The monoisotopic (exact) mass is 380 g/mol. The first kappa shape index (κ1) is 18.2. The Bertz CT molecular complexity index is 907. The van der Waals surface area contributed by atoms with Crippen LogP contribution >= 0.6 is 0 Å². The van der Waals surface area contributed by atoms with Crippen LogP contribution in [0, 0.1) is 0 Å². The van der Waals surface area contributed by atoms with Gasteiger partial charge in [0, 0.05) is 12.6 Å². The van der Waals surface area contributed by atoms with Crippen LogP contribution in [0.2, 0.25) is 0 Å². The molecule has 1 fully saturated rings. The van der Waals surface area contributed by atoms with E-state index in [4.69, 9.17) is 4.74 Å². The third-order valence-electron chi connectivity index (χ3n) is 4.36. The third kappa shape index (κ3) is 3.50. The lowest BCUT2D eigenvalue weighted by atomic mass is 10.2. The molecular weight excluding hydrogens is 360 g/mol. The van der Waals surface area contributed by atoms with Crippen molar-refractivity contribution in [2.24, 2.45) is 0 Å². The van der Waals surface area contributed by atoms with Crippen molar-refractivity contribution in [3.8, 4) is 11.4 Å². The summed E-state index contributed by atoms with van der Waals surface area (Å²) in [7, 11) is -1.55. The molecule has 1 N–H and O–H groups in total. The van der Waals surface area contributed by atoms with E-state index in [1.807, 2.05) is 6.92 Å². The number of carboxylic acid groups (broad SMARTS) is 1. The molecule has 0 bridgehead atoms. The van der Waals surface area contributed by atoms with Gasteiger partial charge in [0.15, 0.2) is 15.7 Å². The maximum atomic E-state index is 11.8. The first-order valence-corrected chi connectivity index (χ1v) is 9.99. The number of methoxy groups -OCH3 is 1. The Labute approximate surface area is 151 Å². The van der Waals surface area contributed by atoms with Gasteiger partial charge in [-0.15, -0.1) is 15.0 Å². The number of carboxylic acids is 1. The lowest BCUT2D eigenvalue weighted by Crippen LogP contribution is -2.37. The zero-order chi connectivity index (χ0) is 18.9. The largest absolute Gasteiger partial charge is 0.497 e. The summed E-state index contributed by atoms with van der Waals surface area (Å²) in [5.74, 6) is -0.277. The molecule has 10 heteroatoms. The number of hydrogen-bond acceptors (Lipinski definition) is 7. The van der Waals surface area contributed by atoms with E-state index >= 15 is 0 Å². The summed E-state index contributed by atoms with van der Waals surface area (Å²) < 4.78 is 28.7. The van der Waals surface area contributed by atoms with Gasteiger partial charge >= 0.3 is 5.97 Å². The van der Waals surface area contributed by atoms with Gasteiger partial charge in [-0.1, -0.05) is 0 Å². The highest BCUT2D eigenvalue weighted by Gasteiger charge is 2.35. The average Bonchev–Trinajstić information content (AvgIpc) is 3.20. The minimum Gasteiger partial charge on any atom is -0.497 e. The normalized spacial score (nSPS) is 18.6. The highest BCUT2D eigenvalue weighted by molar-refractivity contribution is 7.91. The maximum absolute atomic E-state index is 11.8.